The van der Waals surface area contributed by atoms with Crippen molar-refractivity contribution >= 4 is 17.7 Å². The summed E-state index contributed by atoms with van der Waals surface area (Å²) < 4.78 is 0. The highest BCUT2D eigenvalue weighted by molar-refractivity contribution is 6.09. The third-order valence-corrected chi connectivity index (χ3v) is 5.64. The van der Waals surface area contributed by atoms with Crippen molar-refractivity contribution in [2.45, 2.75) is 18.9 Å². The first-order valence-electron chi connectivity index (χ1n) is 8.42. The number of allylic oxidation sites excluding steroid dienone is 2. The molecule has 3 amide bonds. The van der Waals surface area contributed by atoms with E-state index in [0.29, 0.717) is 6.42 Å². The van der Waals surface area contributed by atoms with Gasteiger partial charge in [-0.2, -0.15) is 0 Å². The molecule has 5 nitrogen and oxygen atoms in total. The number of amides is 3. The van der Waals surface area contributed by atoms with Gasteiger partial charge in [0.25, 0.3) is 0 Å². The minimum Gasteiger partial charge on any atom is -0.357 e. The second-order valence-electron chi connectivity index (χ2n) is 6.87. The van der Waals surface area contributed by atoms with Crippen LogP contribution in [-0.2, 0) is 20.8 Å². The number of hydrogen-bond acceptors (Lipinski definition) is 3. The maximum absolute atomic E-state index is 12.9. The van der Waals surface area contributed by atoms with Crippen LogP contribution in [0.4, 0.5) is 0 Å². The molecule has 1 heterocycles. The quantitative estimate of drug-likeness (QED) is 0.667. The van der Waals surface area contributed by atoms with Crippen LogP contribution < -0.4 is 5.32 Å². The van der Waals surface area contributed by atoms with Gasteiger partial charge in [-0.15, -0.1) is 0 Å². The predicted octanol–water partition coefficient (Wildman–Crippen LogP) is 1.15. The van der Waals surface area contributed by atoms with Crippen molar-refractivity contribution in [3.8, 4) is 0 Å². The minimum atomic E-state index is -0.776. The van der Waals surface area contributed by atoms with E-state index in [0.717, 1.165) is 12.0 Å². The van der Waals surface area contributed by atoms with E-state index in [4.69, 9.17) is 0 Å². The zero-order valence-corrected chi connectivity index (χ0v) is 13.5. The van der Waals surface area contributed by atoms with Gasteiger partial charge in [-0.05, 0) is 23.8 Å². The van der Waals surface area contributed by atoms with E-state index in [1.54, 1.807) is 0 Å². The predicted molar refractivity (Wildman–Crippen MR) is 87.6 cm³/mol. The fourth-order valence-electron chi connectivity index (χ4n) is 4.54. The Morgan fingerprint density at radius 2 is 1.71 bits per heavy atom. The van der Waals surface area contributed by atoms with Crippen LogP contribution >= 0.6 is 0 Å². The molecule has 1 N–H and O–H groups in total. The molecule has 124 valence electrons. The average molecular weight is 324 g/mol. The van der Waals surface area contributed by atoms with Gasteiger partial charge in [-0.1, -0.05) is 42.5 Å². The number of carbonyl (C=O) groups excluding carboxylic acids is 3. The van der Waals surface area contributed by atoms with Crippen molar-refractivity contribution in [3.05, 3.63) is 48.0 Å². The molecule has 1 saturated heterocycles. The van der Waals surface area contributed by atoms with Gasteiger partial charge in [-0.25, -0.2) is 0 Å². The molecule has 24 heavy (non-hydrogen) atoms. The van der Waals surface area contributed by atoms with E-state index >= 15 is 0 Å². The van der Waals surface area contributed by atoms with Crippen LogP contribution in [0.3, 0.4) is 0 Å². The normalized spacial score (nSPS) is 31.5. The molecular formula is C19H20N2O3. The number of benzene rings is 1. The summed E-state index contributed by atoms with van der Waals surface area (Å²) in [5.74, 6) is -0.864. The van der Waals surface area contributed by atoms with Gasteiger partial charge in [-0.3, -0.25) is 19.3 Å². The third-order valence-electron chi connectivity index (χ3n) is 5.64. The standard InChI is InChI=1S/C19H20N2O3/c1-20-17(22)14(9-11-5-3-2-4-6-11)21-18(23)15-12-7-8-13(10-12)16(15)19(21)24/h2-8,12-16H,9-10H2,1H3,(H,20,22). The lowest BCUT2D eigenvalue weighted by atomic mass is 9.85. The van der Waals surface area contributed by atoms with Gasteiger partial charge in [0.1, 0.15) is 6.04 Å². The Labute approximate surface area is 140 Å². The summed E-state index contributed by atoms with van der Waals surface area (Å²) >= 11 is 0. The summed E-state index contributed by atoms with van der Waals surface area (Å²) in [5.41, 5.74) is 0.935. The fraction of sp³-hybridized carbons (Fsp3) is 0.421. The highest BCUT2D eigenvalue weighted by atomic mass is 16.2. The Morgan fingerprint density at radius 1 is 1.12 bits per heavy atom. The van der Waals surface area contributed by atoms with E-state index in [1.165, 1.54) is 11.9 Å². The first-order chi connectivity index (χ1) is 11.6. The van der Waals surface area contributed by atoms with Crippen molar-refractivity contribution in [1.82, 2.24) is 10.2 Å². The highest BCUT2D eigenvalue weighted by Gasteiger charge is 2.60. The molecule has 1 aromatic carbocycles. The van der Waals surface area contributed by atoms with Gasteiger partial charge in [0.15, 0.2) is 0 Å². The maximum Gasteiger partial charge on any atom is 0.243 e. The van der Waals surface area contributed by atoms with E-state index in [-0.39, 0.29) is 41.4 Å². The summed E-state index contributed by atoms with van der Waals surface area (Å²) in [7, 11) is 1.54. The molecule has 2 fully saturated rings. The van der Waals surface area contributed by atoms with Crippen LogP contribution in [0.1, 0.15) is 12.0 Å². The van der Waals surface area contributed by atoms with E-state index in [2.05, 4.69) is 17.5 Å². The van der Waals surface area contributed by atoms with Crippen molar-refractivity contribution in [2.75, 3.05) is 7.05 Å². The maximum atomic E-state index is 12.9. The Balaban J connectivity index is 1.65. The molecule has 5 unspecified atom stereocenters. The zero-order valence-electron chi connectivity index (χ0n) is 13.5. The van der Waals surface area contributed by atoms with Crippen molar-refractivity contribution in [3.63, 3.8) is 0 Å². The number of fused-ring (bicyclic) bond motifs is 5. The smallest absolute Gasteiger partial charge is 0.243 e. The molecule has 5 heteroatoms. The molecule has 4 rings (SSSR count). The van der Waals surface area contributed by atoms with Crippen LogP contribution in [0.2, 0.25) is 0 Å². The number of rotatable bonds is 4. The lowest BCUT2D eigenvalue weighted by Crippen LogP contribution is -2.51. The number of nitrogens with one attached hydrogen (secondary N) is 1. The molecule has 2 aliphatic carbocycles. The molecule has 0 spiro atoms. The SMILES string of the molecule is CNC(=O)C(Cc1ccccc1)N1C(=O)C2C3C=CC(C3)C2C1=O. The van der Waals surface area contributed by atoms with Crippen LogP contribution in [-0.4, -0.2) is 35.7 Å². The lowest BCUT2D eigenvalue weighted by molar-refractivity contribution is -0.148. The number of likely N-dealkylation sites (tertiary alicyclic amines) is 1. The summed E-state index contributed by atoms with van der Waals surface area (Å²) in [6, 6.07) is 8.73. The van der Waals surface area contributed by atoms with Crippen molar-refractivity contribution in [2.24, 2.45) is 23.7 Å². The lowest BCUT2D eigenvalue weighted by Gasteiger charge is -2.26. The molecular weight excluding hydrogens is 304 g/mol. The van der Waals surface area contributed by atoms with Gasteiger partial charge in [0.05, 0.1) is 11.8 Å². The highest BCUT2D eigenvalue weighted by Crippen LogP contribution is 2.52. The number of likely N-dealkylation sites (N-methyl/N-ethyl adjacent to an activating group) is 1. The van der Waals surface area contributed by atoms with Crippen LogP contribution in [0, 0.1) is 23.7 Å². The first kappa shape index (κ1) is 15.1. The molecule has 1 aliphatic heterocycles. The van der Waals surface area contributed by atoms with Crippen molar-refractivity contribution < 1.29 is 14.4 Å². The second-order valence-corrected chi connectivity index (χ2v) is 6.87. The van der Waals surface area contributed by atoms with Gasteiger partial charge < -0.3 is 5.32 Å². The number of hydrogen-bond donors (Lipinski definition) is 1. The van der Waals surface area contributed by atoms with E-state index in [9.17, 15) is 14.4 Å². The molecule has 3 aliphatic rings. The van der Waals surface area contributed by atoms with E-state index < -0.39 is 6.04 Å². The van der Waals surface area contributed by atoms with E-state index in [1.807, 2.05) is 30.3 Å². The van der Waals surface area contributed by atoms with Crippen LogP contribution in [0.5, 0.6) is 0 Å². The van der Waals surface area contributed by atoms with Gasteiger partial charge in [0.2, 0.25) is 17.7 Å². The molecule has 5 atom stereocenters. The largest absolute Gasteiger partial charge is 0.357 e. The monoisotopic (exact) mass is 324 g/mol. The number of nitrogens with zero attached hydrogens (tertiary/aromatic N) is 1. The summed E-state index contributed by atoms with van der Waals surface area (Å²) in [4.78, 5) is 39.5. The zero-order chi connectivity index (χ0) is 16.8. The Kier molecular flexibility index (Phi) is 3.52. The van der Waals surface area contributed by atoms with Crippen LogP contribution in [0.15, 0.2) is 42.5 Å². The Morgan fingerprint density at radius 3 is 2.25 bits per heavy atom. The van der Waals surface area contributed by atoms with Crippen molar-refractivity contribution in [1.29, 1.82) is 0 Å². The molecule has 1 saturated carbocycles. The summed E-state index contributed by atoms with van der Waals surface area (Å²) in [6.07, 6.45) is 5.36. The molecule has 0 aromatic heterocycles. The minimum absolute atomic E-state index is 0.156. The fourth-order valence-corrected chi connectivity index (χ4v) is 4.54. The molecule has 1 aromatic rings. The van der Waals surface area contributed by atoms with Gasteiger partial charge in [0, 0.05) is 13.5 Å². The molecule has 2 bridgehead atoms. The molecule has 0 radical (unpaired) electrons. The Hall–Kier alpha value is -2.43. The first-order valence-corrected chi connectivity index (χ1v) is 8.42. The topological polar surface area (TPSA) is 66.5 Å². The second kappa shape index (κ2) is 5.58. The summed E-state index contributed by atoms with van der Waals surface area (Å²) in [6.45, 7) is 0. The Bertz CT molecular complexity index is 697. The van der Waals surface area contributed by atoms with Crippen LogP contribution in [0.25, 0.3) is 0 Å². The third kappa shape index (κ3) is 2.11. The summed E-state index contributed by atoms with van der Waals surface area (Å²) in [5, 5.41) is 2.61. The van der Waals surface area contributed by atoms with Gasteiger partial charge >= 0.3 is 0 Å². The average Bonchev–Trinajstić information content (AvgIpc) is 3.28. The number of carbonyl (C=O) groups is 3. The number of imide groups is 1.